The molecule has 1 aromatic heterocycles. The van der Waals surface area contributed by atoms with Crippen molar-refractivity contribution in [2.75, 3.05) is 0 Å². The van der Waals surface area contributed by atoms with Crippen LogP contribution in [0.2, 0.25) is 0 Å². The zero-order valence-electron chi connectivity index (χ0n) is 10.9. The monoisotopic (exact) mass is 323 g/mol. The van der Waals surface area contributed by atoms with Crippen molar-refractivity contribution in [2.24, 2.45) is 0 Å². The zero-order valence-corrected chi connectivity index (χ0v) is 13.3. The molecule has 0 amide bonds. The second kappa shape index (κ2) is 6.00. The molecule has 2 atom stereocenters. The third kappa shape index (κ3) is 3.22. The van der Waals surface area contributed by atoms with Gasteiger partial charge in [-0.15, -0.1) is 11.3 Å². The molecule has 0 fully saturated rings. The maximum atomic E-state index is 3.64. The van der Waals surface area contributed by atoms with E-state index in [4.69, 9.17) is 0 Å². The van der Waals surface area contributed by atoms with Crippen LogP contribution in [0.15, 0.2) is 40.2 Å². The van der Waals surface area contributed by atoms with E-state index in [1.807, 2.05) is 0 Å². The smallest absolute Gasteiger partial charge is 0.0402 e. The van der Waals surface area contributed by atoms with Gasteiger partial charge in [0.15, 0.2) is 0 Å². The Labute approximate surface area is 121 Å². The lowest BCUT2D eigenvalue weighted by Crippen LogP contribution is -2.22. The molecule has 0 aliphatic heterocycles. The molecule has 1 heterocycles. The van der Waals surface area contributed by atoms with Crippen LogP contribution >= 0.6 is 27.3 Å². The van der Waals surface area contributed by atoms with Gasteiger partial charge in [0.1, 0.15) is 0 Å². The van der Waals surface area contributed by atoms with Crippen LogP contribution in [-0.2, 0) is 0 Å². The van der Waals surface area contributed by atoms with E-state index in [1.165, 1.54) is 20.5 Å². The zero-order chi connectivity index (χ0) is 13.1. The van der Waals surface area contributed by atoms with E-state index in [-0.39, 0.29) is 0 Å². The maximum Gasteiger partial charge on any atom is 0.0402 e. The first-order valence-corrected chi connectivity index (χ1v) is 7.80. The molecule has 96 valence electrons. The lowest BCUT2D eigenvalue weighted by atomic mass is 10.1. The number of hydrogen-bond donors (Lipinski definition) is 1. The molecule has 1 nitrogen and oxygen atoms in total. The highest BCUT2D eigenvalue weighted by molar-refractivity contribution is 9.10. The van der Waals surface area contributed by atoms with Gasteiger partial charge in [0.05, 0.1) is 0 Å². The standard InChI is InChI=1S/C15H18BrNS/c1-10-4-6-13(7-5-10)11(2)17-12(3)15-14(16)8-9-18-15/h4-9,11-12,17H,1-3H3. The van der Waals surface area contributed by atoms with Crippen LogP contribution in [-0.4, -0.2) is 0 Å². The third-order valence-corrected chi connectivity index (χ3v) is 5.17. The van der Waals surface area contributed by atoms with Gasteiger partial charge in [0.25, 0.3) is 0 Å². The molecule has 1 N–H and O–H groups in total. The van der Waals surface area contributed by atoms with Crippen LogP contribution in [0.5, 0.6) is 0 Å². The molecule has 0 spiro atoms. The number of aryl methyl sites for hydroxylation is 1. The Kier molecular flexibility index (Phi) is 4.60. The van der Waals surface area contributed by atoms with E-state index in [0.717, 1.165) is 0 Å². The SMILES string of the molecule is Cc1ccc(C(C)NC(C)c2sccc2Br)cc1. The van der Waals surface area contributed by atoms with Crippen LogP contribution in [0.25, 0.3) is 0 Å². The molecule has 0 saturated carbocycles. The highest BCUT2D eigenvalue weighted by Crippen LogP contribution is 2.30. The van der Waals surface area contributed by atoms with Gasteiger partial charge in [-0.1, -0.05) is 29.8 Å². The molecular weight excluding hydrogens is 306 g/mol. The van der Waals surface area contributed by atoms with E-state index in [2.05, 4.69) is 77.7 Å². The van der Waals surface area contributed by atoms with Crippen molar-refractivity contribution < 1.29 is 0 Å². The van der Waals surface area contributed by atoms with Gasteiger partial charge in [0, 0.05) is 21.4 Å². The number of nitrogens with one attached hydrogen (secondary N) is 1. The van der Waals surface area contributed by atoms with Crippen molar-refractivity contribution in [2.45, 2.75) is 32.9 Å². The molecular formula is C15H18BrNS. The fourth-order valence-electron chi connectivity index (χ4n) is 2.02. The highest BCUT2D eigenvalue weighted by atomic mass is 79.9. The Balaban J connectivity index is 2.05. The fraction of sp³-hybridized carbons (Fsp3) is 0.333. The topological polar surface area (TPSA) is 12.0 Å². The van der Waals surface area contributed by atoms with Crippen LogP contribution in [0, 0.1) is 6.92 Å². The fourth-order valence-corrected chi connectivity index (χ4v) is 3.75. The van der Waals surface area contributed by atoms with E-state index >= 15 is 0 Å². The van der Waals surface area contributed by atoms with Crippen LogP contribution in [0.4, 0.5) is 0 Å². The molecule has 0 aliphatic rings. The Hall–Kier alpha value is -0.640. The second-order valence-electron chi connectivity index (χ2n) is 4.65. The van der Waals surface area contributed by atoms with Gasteiger partial charge in [-0.2, -0.15) is 0 Å². The van der Waals surface area contributed by atoms with Gasteiger partial charge >= 0.3 is 0 Å². The summed E-state index contributed by atoms with van der Waals surface area (Å²) in [6.45, 7) is 6.54. The number of halogens is 1. The summed E-state index contributed by atoms with van der Waals surface area (Å²) in [5.74, 6) is 0. The number of benzene rings is 1. The summed E-state index contributed by atoms with van der Waals surface area (Å²) in [6.07, 6.45) is 0. The molecule has 2 rings (SSSR count). The van der Waals surface area contributed by atoms with E-state index in [0.29, 0.717) is 12.1 Å². The summed E-state index contributed by atoms with van der Waals surface area (Å²) >= 11 is 5.38. The average Bonchev–Trinajstić information content (AvgIpc) is 2.76. The number of rotatable bonds is 4. The van der Waals surface area contributed by atoms with Crippen molar-refractivity contribution in [3.63, 3.8) is 0 Å². The predicted octanol–water partition coefficient (Wildman–Crippen LogP) is 5.23. The highest BCUT2D eigenvalue weighted by Gasteiger charge is 2.14. The van der Waals surface area contributed by atoms with Gasteiger partial charge in [0.2, 0.25) is 0 Å². The van der Waals surface area contributed by atoms with Gasteiger partial charge in [-0.3, -0.25) is 0 Å². The summed E-state index contributed by atoms with van der Waals surface area (Å²) < 4.78 is 1.20. The number of hydrogen-bond acceptors (Lipinski definition) is 2. The van der Waals surface area contributed by atoms with Crippen molar-refractivity contribution in [1.29, 1.82) is 0 Å². The van der Waals surface area contributed by atoms with Crippen LogP contribution in [0.1, 0.15) is 41.9 Å². The molecule has 18 heavy (non-hydrogen) atoms. The lowest BCUT2D eigenvalue weighted by molar-refractivity contribution is 0.499. The Morgan fingerprint density at radius 3 is 2.28 bits per heavy atom. The van der Waals surface area contributed by atoms with Gasteiger partial charge in [-0.25, -0.2) is 0 Å². The molecule has 2 unspecified atom stereocenters. The maximum absolute atomic E-state index is 3.64. The minimum Gasteiger partial charge on any atom is -0.303 e. The van der Waals surface area contributed by atoms with Gasteiger partial charge < -0.3 is 5.32 Å². The average molecular weight is 324 g/mol. The Morgan fingerprint density at radius 1 is 1.06 bits per heavy atom. The molecule has 1 aromatic carbocycles. The van der Waals surface area contributed by atoms with E-state index in [1.54, 1.807) is 11.3 Å². The van der Waals surface area contributed by atoms with Crippen LogP contribution in [0.3, 0.4) is 0 Å². The van der Waals surface area contributed by atoms with Gasteiger partial charge in [-0.05, 0) is 53.7 Å². The Bertz CT molecular complexity index is 503. The molecule has 3 heteroatoms. The summed E-state index contributed by atoms with van der Waals surface area (Å²) in [5.41, 5.74) is 2.64. The minimum atomic E-state index is 0.356. The molecule has 0 bridgehead atoms. The van der Waals surface area contributed by atoms with E-state index < -0.39 is 0 Å². The largest absolute Gasteiger partial charge is 0.303 e. The first-order chi connectivity index (χ1) is 8.58. The third-order valence-electron chi connectivity index (χ3n) is 3.12. The normalized spacial score (nSPS) is 14.4. The minimum absolute atomic E-state index is 0.356. The van der Waals surface area contributed by atoms with Crippen molar-refractivity contribution in [3.8, 4) is 0 Å². The van der Waals surface area contributed by atoms with Crippen molar-refractivity contribution >= 4 is 27.3 Å². The lowest BCUT2D eigenvalue weighted by Gasteiger charge is -2.20. The summed E-state index contributed by atoms with van der Waals surface area (Å²) in [7, 11) is 0. The molecule has 0 saturated heterocycles. The first-order valence-electron chi connectivity index (χ1n) is 6.13. The predicted molar refractivity (Wildman–Crippen MR) is 83.2 cm³/mol. The van der Waals surface area contributed by atoms with Crippen molar-refractivity contribution in [3.05, 3.63) is 56.2 Å². The first kappa shape index (κ1) is 13.8. The quantitative estimate of drug-likeness (QED) is 0.812. The van der Waals surface area contributed by atoms with Crippen molar-refractivity contribution in [1.82, 2.24) is 5.32 Å². The summed E-state index contributed by atoms with van der Waals surface area (Å²) in [5, 5.41) is 5.76. The molecule has 2 aromatic rings. The second-order valence-corrected chi connectivity index (χ2v) is 6.46. The number of thiophene rings is 1. The molecule has 0 radical (unpaired) electrons. The molecule has 0 aliphatic carbocycles. The van der Waals surface area contributed by atoms with Crippen LogP contribution < -0.4 is 5.32 Å². The summed E-state index contributed by atoms with van der Waals surface area (Å²) in [4.78, 5) is 1.36. The summed E-state index contributed by atoms with van der Waals surface area (Å²) in [6, 6.07) is 11.5. The Morgan fingerprint density at radius 2 is 1.72 bits per heavy atom. The van der Waals surface area contributed by atoms with E-state index in [9.17, 15) is 0 Å².